The molecule has 0 amide bonds. The molecule has 0 spiro atoms. The van der Waals surface area contributed by atoms with Crippen molar-refractivity contribution in [2.45, 2.75) is 39.2 Å². The average Bonchev–Trinajstić information content (AvgIpc) is 2.62. The van der Waals surface area contributed by atoms with Crippen LogP contribution in [0, 0.1) is 6.92 Å². The van der Waals surface area contributed by atoms with Crippen molar-refractivity contribution in [2.24, 2.45) is 0 Å². The Bertz CT molecular complexity index is 855. The van der Waals surface area contributed by atoms with Crippen LogP contribution in [0.5, 0.6) is 0 Å². The lowest BCUT2D eigenvalue weighted by atomic mass is 10.0. The molecule has 24 heavy (non-hydrogen) atoms. The zero-order valence-corrected chi connectivity index (χ0v) is 14.4. The Morgan fingerprint density at radius 2 is 1.75 bits per heavy atom. The number of para-hydroxylation sites is 1. The number of fused-ring (bicyclic) bond motifs is 1. The van der Waals surface area contributed by atoms with E-state index in [4.69, 9.17) is 9.97 Å². The van der Waals surface area contributed by atoms with Crippen LogP contribution < -0.4 is 4.90 Å². The Kier molecular flexibility index (Phi) is 3.93. The number of aryl methyl sites for hydroxylation is 1. The third kappa shape index (κ3) is 2.75. The summed E-state index contributed by atoms with van der Waals surface area (Å²) in [6.07, 6.45) is 3.78. The maximum atomic E-state index is 4.99. The molecular formula is C21H23N3. The normalized spacial score (nSPS) is 18.1. The summed E-state index contributed by atoms with van der Waals surface area (Å²) in [6, 6.07) is 17.4. The molecule has 1 aliphatic rings. The molecule has 1 aromatic heterocycles. The topological polar surface area (TPSA) is 29.0 Å². The number of anilines is 1. The van der Waals surface area contributed by atoms with E-state index >= 15 is 0 Å². The largest absolute Gasteiger partial charge is 0.353 e. The van der Waals surface area contributed by atoms with Gasteiger partial charge in [0.15, 0.2) is 5.82 Å². The van der Waals surface area contributed by atoms with Gasteiger partial charge in [-0.15, -0.1) is 0 Å². The summed E-state index contributed by atoms with van der Waals surface area (Å²) in [5.74, 6) is 1.91. The zero-order valence-electron chi connectivity index (χ0n) is 14.4. The lowest BCUT2D eigenvalue weighted by molar-refractivity contribution is 0.482. The predicted molar refractivity (Wildman–Crippen MR) is 100 cm³/mol. The standard InChI is InChI=1S/C21H23N3/c1-15-10-12-17(13-11-15)20-22-19-9-4-3-8-18(19)21(23-20)24-14-6-5-7-16(24)2/h3-4,8-13,16H,5-7,14H2,1-2H3. The molecule has 2 heterocycles. The van der Waals surface area contributed by atoms with E-state index in [0.717, 1.165) is 34.7 Å². The summed E-state index contributed by atoms with van der Waals surface area (Å²) in [4.78, 5) is 12.3. The van der Waals surface area contributed by atoms with Gasteiger partial charge in [-0.3, -0.25) is 0 Å². The van der Waals surface area contributed by atoms with Gasteiger partial charge in [0.2, 0.25) is 0 Å². The van der Waals surface area contributed by atoms with E-state index in [9.17, 15) is 0 Å². The van der Waals surface area contributed by atoms with E-state index in [1.165, 1.54) is 24.8 Å². The Balaban J connectivity index is 1.89. The molecule has 1 saturated heterocycles. The molecule has 0 saturated carbocycles. The van der Waals surface area contributed by atoms with E-state index in [1.54, 1.807) is 0 Å². The predicted octanol–water partition coefficient (Wildman–Crippen LogP) is 4.98. The first-order chi connectivity index (χ1) is 11.7. The third-order valence-electron chi connectivity index (χ3n) is 4.97. The van der Waals surface area contributed by atoms with Gasteiger partial charge in [-0.2, -0.15) is 0 Å². The lowest BCUT2D eigenvalue weighted by Gasteiger charge is -2.35. The van der Waals surface area contributed by atoms with Gasteiger partial charge in [0.25, 0.3) is 0 Å². The van der Waals surface area contributed by atoms with Gasteiger partial charge in [-0.1, -0.05) is 42.0 Å². The molecule has 2 aromatic carbocycles. The lowest BCUT2D eigenvalue weighted by Crippen LogP contribution is -2.38. The fourth-order valence-corrected chi connectivity index (χ4v) is 3.52. The minimum atomic E-state index is 0.530. The molecule has 0 N–H and O–H groups in total. The second kappa shape index (κ2) is 6.23. The maximum absolute atomic E-state index is 4.99. The summed E-state index contributed by atoms with van der Waals surface area (Å²) < 4.78 is 0. The first-order valence-electron chi connectivity index (χ1n) is 8.83. The highest BCUT2D eigenvalue weighted by molar-refractivity contribution is 5.91. The second-order valence-electron chi connectivity index (χ2n) is 6.79. The highest BCUT2D eigenvalue weighted by atomic mass is 15.2. The van der Waals surface area contributed by atoms with Crippen LogP contribution in [0.15, 0.2) is 48.5 Å². The Morgan fingerprint density at radius 3 is 2.54 bits per heavy atom. The summed E-state index contributed by atoms with van der Waals surface area (Å²) in [7, 11) is 0. The smallest absolute Gasteiger partial charge is 0.162 e. The molecule has 3 aromatic rings. The zero-order chi connectivity index (χ0) is 16.5. The van der Waals surface area contributed by atoms with Crippen molar-refractivity contribution >= 4 is 16.7 Å². The van der Waals surface area contributed by atoms with Gasteiger partial charge in [0.05, 0.1) is 5.52 Å². The molecule has 3 nitrogen and oxygen atoms in total. The van der Waals surface area contributed by atoms with Gasteiger partial charge < -0.3 is 4.90 Å². The van der Waals surface area contributed by atoms with Crippen LogP contribution in [0.4, 0.5) is 5.82 Å². The van der Waals surface area contributed by atoms with Gasteiger partial charge in [0, 0.05) is 23.5 Å². The first kappa shape index (κ1) is 15.1. The molecule has 1 unspecified atom stereocenters. The van der Waals surface area contributed by atoms with Crippen molar-refractivity contribution in [1.82, 2.24) is 9.97 Å². The van der Waals surface area contributed by atoms with Gasteiger partial charge in [0.1, 0.15) is 5.82 Å². The van der Waals surface area contributed by atoms with Crippen molar-refractivity contribution in [2.75, 3.05) is 11.4 Å². The monoisotopic (exact) mass is 317 g/mol. The average molecular weight is 317 g/mol. The number of hydrogen-bond acceptors (Lipinski definition) is 3. The van der Waals surface area contributed by atoms with Crippen molar-refractivity contribution in [3.8, 4) is 11.4 Å². The Labute approximate surface area is 143 Å². The molecular weight excluding hydrogens is 294 g/mol. The van der Waals surface area contributed by atoms with Gasteiger partial charge in [-0.25, -0.2) is 9.97 Å². The van der Waals surface area contributed by atoms with Crippen LogP contribution in [0.25, 0.3) is 22.3 Å². The Hall–Kier alpha value is -2.42. The summed E-state index contributed by atoms with van der Waals surface area (Å²) in [6.45, 7) is 5.49. The molecule has 0 aliphatic carbocycles. The number of piperidine rings is 1. The van der Waals surface area contributed by atoms with Crippen molar-refractivity contribution in [1.29, 1.82) is 0 Å². The van der Waals surface area contributed by atoms with Gasteiger partial charge in [-0.05, 0) is 45.2 Å². The second-order valence-corrected chi connectivity index (χ2v) is 6.79. The molecule has 122 valence electrons. The quantitative estimate of drug-likeness (QED) is 0.667. The number of rotatable bonds is 2. The Morgan fingerprint density at radius 1 is 0.958 bits per heavy atom. The fraction of sp³-hybridized carbons (Fsp3) is 0.333. The van der Waals surface area contributed by atoms with Crippen molar-refractivity contribution in [3.05, 3.63) is 54.1 Å². The van der Waals surface area contributed by atoms with E-state index in [1.807, 2.05) is 0 Å². The highest BCUT2D eigenvalue weighted by Gasteiger charge is 2.22. The van der Waals surface area contributed by atoms with Crippen molar-refractivity contribution in [3.63, 3.8) is 0 Å². The van der Waals surface area contributed by atoms with E-state index in [0.29, 0.717) is 6.04 Å². The van der Waals surface area contributed by atoms with Crippen molar-refractivity contribution < 1.29 is 0 Å². The highest BCUT2D eigenvalue weighted by Crippen LogP contribution is 2.31. The molecule has 4 rings (SSSR count). The maximum Gasteiger partial charge on any atom is 0.162 e. The van der Waals surface area contributed by atoms with Crippen LogP contribution >= 0.6 is 0 Å². The van der Waals surface area contributed by atoms with Crippen LogP contribution in [-0.4, -0.2) is 22.6 Å². The molecule has 1 aliphatic heterocycles. The number of aromatic nitrogens is 2. The first-order valence-corrected chi connectivity index (χ1v) is 8.83. The van der Waals surface area contributed by atoms with E-state index in [2.05, 4.69) is 67.3 Å². The third-order valence-corrected chi connectivity index (χ3v) is 4.97. The molecule has 3 heteroatoms. The van der Waals surface area contributed by atoms with Crippen LogP contribution in [0.2, 0.25) is 0 Å². The number of hydrogen-bond donors (Lipinski definition) is 0. The molecule has 0 radical (unpaired) electrons. The van der Waals surface area contributed by atoms with E-state index < -0.39 is 0 Å². The van der Waals surface area contributed by atoms with Gasteiger partial charge >= 0.3 is 0 Å². The van der Waals surface area contributed by atoms with Crippen LogP contribution in [0.1, 0.15) is 31.7 Å². The van der Waals surface area contributed by atoms with E-state index in [-0.39, 0.29) is 0 Å². The van der Waals surface area contributed by atoms with Crippen LogP contribution in [0.3, 0.4) is 0 Å². The summed E-state index contributed by atoms with van der Waals surface area (Å²) in [5.41, 5.74) is 3.36. The fourth-order valence-electron chi connectivity index (χ4n) is 3.52. The molecule has 1 fully saturated rings. The minimum absolute atomic E-state index is 0.530. The molecule has 1 atom stereocenters. The number of benzene rings is 2. The summed E-state index contributed by atoms with van der Waals surface area (Å²) >= 11 is 0. The van der Waals surface area contributed by atoms with Crippen LogP contribution in [-0.2, 0) is 0 Å². The number of nitrogens with zero attached hydrogens (tertiary/aromatic N) is 3. The SMILES string of the molecule is Cc1ccc(-c2nc(N3CCCCC3C)c3ccccc3n2)cc1. The summed E-state index contributed by atoms with van der Waals surface area (Å²) in [5, 5.41) is 1.15. The minimum Gasteiger partial charge on any atom is -0.353 e. The molecule has 0 bridgehead atoms.